The second-order valence-electron chi connectivity index (χ2n) is 1.32. The predicted molar refractivity (Wildman–Crippen MR) is 29.8 cm³/mol. The van der Waals surface area contributed by atoms with Crippen molar-refractivity contribution in [3.05, 3.63) is 23.8 Å². The Balaban J connectivity index is 2.60. The molecule has 0 aromatic carbocycles. The second kappa shape index (κ2) is 2.07. The highest BCUT2D eigenvalue weighted by Crippen LogP contribution is 2.02. The van der Waals surface area contributed by atoms with E-state index in [2.05, 4.69) is 5.32 Å². The van der Waals surface area contributed by atoms with Gasteiger partial charge in [-0.2, -0.15) is 0 Å². The zero-order valence-electron chi connectivity index (χ0n) is 4.00. The van der Waals surface area contributed by atoms with E-state index < -0.39 is 0 Å². The third-order valence-corrected chi connectivity index (χ3v) is 0.901. The summed E-state index contributed by atoms with van der Waals surface area (Å²) in [7, 11) is 0. The molecule has 1 aliphatic rings. The van der Waals surface area contributed by atoms with Crippen LogP contribution in [0.3, 0.4) is 0 Å². The SMILES string of the molecule is ON1C=CNC(Cl)=C1. The third kappa shape index (κ3) is 1.15. The van der Waals surface area contributed by atoms with Crippen LogP contribution in [0.15, 0.2) is 23.8 Å². The molecule has 0 atom stereocenters. The lowest BCUT2D eigenvalue weighted by atomic mass is 10.7. The van der Waals surface area contributed by atoms with Crippen molar-refractivity contribution in [3.63, 3.8) is 0 Å². The van der Waals surface area contributed by atoms with Crippen molar-refractivity contribution in [1.29, 1.82) is 0 Å². The average Bonchev–Trinajstić information content (AvgIpc) is 1.64. The van der Waals surface area contributed by atoms with Crippen molar-refractivity contribution in [3.8, 4) is 0 Å². The van der Waals surface area contributed by atoms with E-state index in [-0.39, 0.29) is 0 Å². The highest BCUT2D eigenvalue weighted by molar-refractivity contribution is 6.29. The normalized spacial score (nSPS) is 17.8. The lowest BCUT2D eigenvalue weighted by Gasteiger charge is -2.10. The van der Waals surface area contributed by atoms with Crippen LogP contribution in [0, 0.1) is 0 Å². The molecule has 1 rings (SSSR count). The molecule has 0 saturated heterocycles. The Labute approximate surface area is 51.8 Å². The minimum atomic E-state index is 0.398. The Bertz CT molecular complexity index is 143. The molecule has 0 saturated carbocycles. The second-order valence-corrected chi connectivity index (χ2v) is 1.72. The van der Waals surface area contributed by atoms with Gasteiger partial charge in [0.25, 0.3) is 0 Å². The first-order valence-corrected chi connectivity index (χ1v) is 2.44. The van der Waals surface area contributed by atoms with Crippen LogP contribution in [0.5, 0.6) is 0 Å². The highest BCUT2D eigenvalue weighted by Gasteiger charge is 1.95. The van der Waals surface area contributed by atoms with Crippen molar-refractivity contribution in [2.75, 3.05) is 0 Å². The molecule has 0 aliphatic carbocycles. The van der Waals surface area contributed by atoms with Crippen LogP contribution in [0.25, 0.3) is 0 Å². The maximum absolute atomic E-state index is 8.63. The number of hydrogen-bond donors (Lipinski definition) is 2. The lowest BCUT2D eigenvalue weighted by molar-refractivity contribution is 0.00860. The zero-order chi connectivity index (χ0) is 5.98. The summed E-state index contributed by atoms with van der Waals surface area (Å²) in [4.78, 5) is 0. The van der Waals surface area contributed by atoms with E-state index in [1.165, 1.54) is 18.6 Å². The van der Waals surface area contributed by atoms with Crippen LogP contribution in [-0.2, 0) is 0 Å². The van der Waals surface area contributed by atoms with Gasteiger partial charge in [0.2, 0.25) is 0 Å². The quantitative estimate of drug-likeness (QED) is 0.479. The van der Waals surface area contributed by atoms with Gasteiger partial charge < -0.3 is 5.32 Å². The standard InChI is InChI=1S/C4H5ClN2O/c5-4-3-7(8)2-1-6-4/h1-3,6,8H. The minimum absolute atomic E-state index is 0.398. The molecule has 2 N–H and O–H groups in total. The number of nitrogens with one attached hydrogen (secondary N) is 1. The largest absolute Gasteiger partial charge is 0.350 e. The molecule has 0 radical (unpaired) electrons. The Morgan fingerprint density at radius 2 is 2.50 bits per heavy atom. The van der Waals surface area contributed by atoms with E-state index in [0.717, 1.165) is 5.06 Å². The number of nitrogens with zero attached hydrogens (tertiary/aromatic N) is 1. The lowest BCUT2D eigenvalue weighted by Crippen LogP contribution is -2.13. The van der Waals surface area contributed by atoms with Gasteiger partial charge in [0, 0.05) is 12.4 Å². The molecular weight excluding hydrogens is 128 g/mol. The summed E-state index contributed by atoms with van der Waals surface area (Å²) in [5.41, 5.74) is 0. The van der Waals surface area contributed by atoms with E-state index in [0.29, 0.717) is 5.16 Å². The van der Waals surface area contributed by atoms with E-state index in [1.54, 1.807) is 0 Å². The maximum Gasteiger partial charge on any atom is 0.125 e. The Morgan fingerprint density at radius 1 is 1.75 bits per heavy atom. The molecule has 1 aliphatic heterocycles. The molecule has 0 fully saturated rings. The molecule has 4 heteroatoms. The molecule has 0 spiro atoms. The molecule has 44 valence electrons. The van der Waals surface area contributed by atoms with Crippen molar-refractivity contribution >= 4 is 11.6 Å². The summed E-state index contributed by atoms with van der Waals surface area (Å²) >= 11 is 5.41. The smallest absolute Gasteiger partial charge is 0.125 e. The van der Waals surface area contributed by atoms with Gasteiger partial charge >= 0.3 is 0 Å². The van der Waals surface area contributed by atoms with E-state index in [9.17, 15) is 0 Å². The van der Waals surface area contributed by atoms with Gasteiger partial charge in [0.05, 0.1) is 6.20 Å². The molecular formula is C4H5ClN2O. The Kier molecular flexibility index (Phi) is 1.41. The molecule has 0 aromatic heterocycles. The van der Waals surface area contributed by atoms with Crippen molar-refractivity contribution in [1.82, 2.24) is 10.4 Å². The summed E-state index contributed by atoms with van der Waals surface area (Å²) in [6, 6.07) is 0. The minimum Gasteiger partial charge on any atom is -0.350 e. The molecule has 0 aromatic rings. The van der Waals surface area contributed by atoms with Crippen LogP contribution in [0.1, 0.15) is 0 Å². The maximum atomic E-state index is 8.63. The molecule has 1 heterocycles. The number of halogens is 1. The van der Waals surface area contributed by atoms with Crippen LogP contribution < -0.4 is 5.32 Å². The van der Waals surface area contributed by atoms with Crippen molar-refractivity contribution < 1.29 is 5.21 Å². The number of hydrogen-bond acceptors (Lipinski definition) is 3. The summed E-state index contributed by atoms with van der Waals surface area (Å²) in [5.74, 6) is 0. The molecule has 0 bridgehead atoms. The predicted octanol–water partition coefficient (Wildman–Crippen LogP) is 0.790. The number of hydroxylamine groups is 2. The van der Waals surface area contributed by atoms with Crippen LogP contribution in [0.2, 0.25) is 0 Å². The topological polar surface area (TPSA) is 35.5 Å². The third-order valence-electron chi connectivity index (χ3n) is 0.694. The Morgan fingerprint density at radius 3 is 2.88 bits per heavy atom. The first kappa shape index (κ1) is 5.47. The summed E-state index contributed by atoms with van der Waals surface area (Å²) in [6.45, 7) is 0. The van der Waals surface area contributed by atoms with Gasteiger partial charge in [0.1, 0.15) is 5.16 Å². The van der Waals surface area contributed by atoms with Crippen LogP contribution in [0.4, 0.5) is 0 Å². The van der Waals surface area contributed by atoms with Gasteiger partial charge in [-0.05, 0) is 0 Å². The summed E-state index contributed by atoms with van der Waals surface area (Å²) in [6.07, 6.45) is 4.32. The fraction of sp³-hybridized carbons (Fsp3) is 0. The first-order valence-electron chi connectivity index (χ1n) is 2.07. The van der Waals surface area contributed by atoms with Gasteiger partial charge in [-0.1, -0.05) is 11.6 Å². The number of rotatable bonds is 0. The van der Waals surface area contributed by atoms with Gasteiger partial charge in [-0.3, -0.25) is 5.21 Å². The molecule has 3 nitrogen and oxygen atoms in total. The van der Waals surface area contributed by atoms with Gasteiger partial charge in [-0.15, -0.1) is 0 Å². The molecule has 0 amide bonds. The van der Waals surface area contributed by atoms with Crippen LogP contribution in [-0.4, -0.2) is 10.3 Å². The molecule has 8 heavy (non-hydrogen) atoms. The first-order chi connectivity index (χ1) is 3.79. The van der Waals surface area contributed by atoms with Gasteiger partial charge in [0.15, 0.2) is 0 Å². The fourth-order valence-corrected chi connectivity index (χ4v) is 0.553. The average molecular weight is 133 g/mol. The fourth-order valence-electron chi connectivity index (χ4n) is 0.390. The van der Waals surface area contributed by atoms with Crippen LogP contribution >= 0.6 is 11.6 Å². The summed E-state index contributed by atoms with van der Waals surface area (Å²) in [5, 5.41) is 12.6. The Hall–Kier alpha value is -0.670. The van der Waals surface area contributed by atoms with Crippen molar-refractivity contribution in [2.24, 2.45) is 0 Å². The van der Waals surface area contributed by atoms with E-state index >= 15 is 0 Å². The molecule has 0 unspecified atom stereocenters. The van der Waals surface area contributed by atoms with E-state index in [4.69, 9.17) is 16.8 Å². The highest BCUT2D eigenvalue weighted by atomic mass is 35.5. The van der Waals surface area contributed by atoms with Crippen molar-refractivity contribution in [2.45, 2.75) is 0 Å². The van der Waals surface area contributed by atoms with Gasteiger partial charge in [-0.25, -0.2) is 5.06 Å². The van der Waals surface area contributed by atoms with E-state index in [1.807, 2.05) is 0 Å². The summed E-state index contributed by atoms with van der Waals surface area (Å²) < 4.78 is 0. The zero-order valence-corrected chi connectivity index (χ0v) is 4.76. The monoisotopic (exact) mass is 132 g/mol.